The van der Waals surface area contributed by atoms with Gasteiger partial charge in [0.15, 0.2) is 0 Å². The Morgan fingerprint density at radius 1 is 1.21 bits per heavy atom. The van der Waals surface area contributed by atoms with E-state index in [1.807, 2.05) is 17.4 Å². The topological polar surface area (TPSA) is 90.6 Å². The van der Waals surface area contributed by atoms with Gasteiger partial charge in [0.25, 0.3) is 0 Å². The summed E-state index contributed by atoms with van der Waals surface area (Å²) in [5.74, 6) is 0.630. The van der Waals surface area contributed by atoms with E-state index < -0.39 is 12.2 Å². The summed E-state index contributed by atoms with van der Waals surface area (Å²) in [5, 5.41) is 22.7. The van der Waals surface area contributed by atoms with Gasteiger partial charge < -0.3 is 25.0 Å². The number of aromatic nitrogens is 2. The van der Waals surface area contributed by atoms with E-state index in [1.54, 1.807) is 6.20 Å². The summed E-state index contributed by atoms with van der Waals surface area (Å²) in [4.78, 5) is 18.4. The van der Waals surface area contributed by atoms with Gasteiger partial charge in [-0.15, -0.1) is 0 Å². The average molecular weight is 334 g/mol. The highest BCUT2D eigenvalue weighted by Gasteiger charge is 2.45. The molecule has 2 heterocycles. The molecule has 3 fully saturated rings. The summed E-state index contributed by atoms with van der Waals surface area (Å²) in [6.07, 6.45) is 7.75. The van der Waals surface area contributed by atoms with Crippen molar-refractivity contribution < 1.29 is 15.0 Å². The highest BCUT2D eigenvalue weighted by molar-refractivity contribution is 5.74. The molecule has 0 spiro atoms. The second kappa shape index (κ2) is 6.04. The molecule has 132 valence electrons. The quantitative estimate of drug-likeness (QED) is 0.745. The largest absolute Gasteiger partial charge is 0.390 e. The molecule has 7 nitrogen and oxygen atoms in total. The van der Waals surface area contributed by atoms with Crippen molar-refractivity contribution in [2.24, 2.45) is 17.3 Å². The number of fused-ring (bicyclic) bond motifs is 1. The molecule has 4 atom stereocenters. The normalized spacial score (nSPS) is 34.0. The zero-order chi connectivity index (χ0) is 16.7. The molecule has 24 heavy (non-hydrogen) atoms. The predicted octanol–water partition coefficient (Wildman–Crippen LogP) is 0.436. The van der Waals surface area contributed by atoms with Gasteiger partial charge in [0.2, 0.25) is 0 Å². The van der Waals surface area contributed by atoms with E-state index in [-0.39, 0.29) is 11.4 Å². The van der Waals surface area contributed by atoms with Gasteiger partial charge in [-0.25, -0.2) is 9.78 Å². The van der Waals surface area contributed by atoms with Crippen LogP contribution in [0.5, 0.6) is 0 Å². The van der Waals surface area contributed by atoms with Crippen LogP contribution in [0.3, 0.4) is 0 Å². The maximum atomic E-state index is 12.5. The lowest BCUT2D eigenvalue weighted by Gasteiger charge is -2.31. The van der Waals surface area contributed by atoms with E-state index in [9.17, 15) is 15.0 Å². The first-order valence-corrected chi connectivity index (χ1v) is 8.89. The molecule has 3 aliphatic rings. The molecule has 2 amide bonds. The van der Waals surface area contributed by atoms with Crippen molar-refractivity contribution in [2.45, 2.75) is 44.4 Å². The Hall–Kier alpha value is -1.60. The molecule has 2 aliphatic carbocycles. The smallest absolute Gasteiger partial charge is 0.317 e. The van der Waals surface area contributed by atoms with Gasteiger partial charge in [0, 0.05) is 44.0 Å². The standard InChI is InChI=1S/C17H26N4O3/c22-14-5-12-7-21(8-13(12)6-15(14)23)16(24)19-9-17(1-2-17)10-20-4-3-18-11-20/h3-4,11-15,22-23H,1-2,5-10H2,(H,19,24). The summed E-state index contributed by atoms with van der Waals surface area (Å²) in [5.41, 5.74) is 0.176. The second-order valence-corrected chi connectivity index (χ2v) is 7.92. The Kier molecular flexibility index (Phi) is 4.00. The number of imidazole rings is 1. The Morgan fingerprint density at radius 2 is 1.88 bits per heavy atom. The van der Waals surface area contributed by atoms with E-state index >= 15 is 0 Å². The number of aliphatic hydroxyl groups excluding tert-OH is 2. The number of likely N-dealkylation sites (tertiary alicyclic amines) is 1. The maximum absolute atomic E-state index is 12.5. The van der Waals surface area contributed by atoms with Gasteiger partial charge >= 0.3 is 6.03 Å². The number of amides is 2. The van der Waals surface area contributed by atoms with Crippen molar-refractivity contribution in [3.05, 3.63) is 18.7 Å². The second-order valence-electron chi connectivity index (χ2n) is 7.92. The van der Waals surface area contributed by atoms with E-state index in [4.69, 9.17) is 0 Å². The third kappa shape index (κ3) is 3.15. The lowest BCUT2D eigenvalue weighted by molar-refractivity contribution is -0.0372. The van der Waals surface area contributed by atoms with Crippen molar-refractivity contribution in [1.82, 2.24) is 19.8 Å². The summed E-state index contributed by atoms with van der Waals surface area (Å²) in [7, 11) is 0. The van der Waals surface area contributed by atoms with Crippen LogP contribution in [0.15, 0.2) is 18.7 Å². The molecule has 1 saturated heterocycles. The molecule has 0 aromatic carbocycles. The van der Waals surface area contributed by atoms with Crippen LogP contribution < -0.4 is 5.32 Å². The van der Waals surface area contributed by atoms with Gasteiger partial charge in [-0.05, 0) is 37.5 Å². The van der Waals surface area contributed by atoms with Crippen LogP contribution in [0.2, 0.25) is 0 Å². The Bertz CT molecular complexity index is 569. The van der Waals surface area contributed by atoms with Gasteiger partial charge in [-0.1, -0.05) is 0 Å². The monoisotopic (exact) mass is 334 g/mol. The fraction of sp³-hybridized carbons (Fsp3) is 0.765. The zero-order valence-electron chi connectivity index (χ0n) is 13.8. The molecule has 4 rings (SSSR count). The molecule has 1 aliphatic heterocycles. The fourth-order valence-corrected chi connectivity index (χ4v) is 4.28. The number of hydrogen-bond donors (Lipinski definition) is 3. The van der Waals surface area contributed by atoms with E-state index in [0.717, 1.165) is 19.4 Å². The molecule has 7 heteroatoms. The minimum Gasteiger partial charge on any atom is -0.390 e. The molecular formula is C17H26N4O3. The molecule has 1 aromatic rings. The van der Waals surface area contributed by atoms with Crippen LogP contribution >= 0.6 is 0 Å². The molecular weight excluding hydrogens is 308 g/mol. The van der Waals surface area contributed by atoms with Crippen LogP contribution in [0.25, 0.3) is 0 Å². The lowest BCUT2D eigenvalue weighted by atomic mass is 9.79. The first kappa shape index (κ1) is 15.9. The van der Waals surface area contributed by atoms with E-state index in [0.29, 0.717) is 44.3 Å². The highest BCUT2D eigenvalue weighted by Crippen LogP contribution is 2.46. The van der Waals surface area contributed by atoms with Crippen molar-refractivity contribution in [2.75, 3.05) is 19.6 Å². The number of nitrogens with zero attached hydrogens (tertiary/aromatic N) is 3. The molecule has 0 bridgehead atoms. The third-order valence-corrected chi connectivity index (χ3v) is 6.05. The molecule has 0 radical (unpaired) electrons. The van der Waals surface area contributed by atoms with Crippen LogP contribution in [-0.4, -0.2) is 62.5 Å². The molecule has 1 aromatic heterocycles. The molecule has 3 N–H and O–H groups in total. The number of nitrogens with one attached hydrogen (secondary N) is 1. The maximum Gasteiger partial charge on any atom is 0.317 e. The summed E-state index contributed by atoms with van der Waals surface area (Å²) >= 11 is 0. The third-order valence-electron chi connectivity index (χ3n) is 6.05. The molecule has 2 saturated carbocycles. The summed E-state index contributed by atoms with van der Waals surface area (Å²) in [6, 6.07) is -0.00899. The number of aliphatic hydroxyl groups is 2. The Labute approximate surface area is 141 Å². The van der Waals surface area contributed by atoms with Gasteiger partial charge in [0.1, 0.15) is 0 Å². The summed E-state index contributed by atoms with van der Waals surface area (Å²) in [6.45, 7) is 2.97. The van der Waals surface area contributed by atoms with Gasteiger partial charge in [0.05, 0.1) is 18.5 Å². The average Bonchev–Trinajstić information content (AvgIpc) is 2.95. The first-order chi connectivity index (χ1) is 11.5. The van der Waals surface area contributed by atoms with E-state index in [2.05, 4.69) is 14.9 Å². The van der Waals surface area contributed by atoms with Gasteiger partial charge in [-0.2, -0.15) is 0 Å². The minimum absolute atomic E-state index is 0.00899. The van der Waals surface area contributed by atoms with Crippen molar-refractivity contribution >= 4 is 6.03 Å². The van der Waals surface area contributed by atoms with Crippen LogP contribution in [-0.2, 0) is 6.54 Å². The Balaban J connectivity index is 1.28. The van der Waals surface area contributed by atoms with Crippen LogP contribution in [0.1, 0.15) is 25.7 Å². The zero-order valence-corrected chi connectivity index (χ0v) is 13.8. The minimum atomic E-state index is -0.640. The van der Waals surface area contributed by atoms with Crippen molar-refractivity contribution in [1.29, 1.82) is 0 Å². The van der Waals surface area contributed by atoms with Crippen molar-refractivity contribution in [3.63, 3.8) is 0 Å². The number of urea groups is 1. The summed E-state index contributed by atoms with van der Waals surface area (Å²) < 4.78 is 2.08. The number of carbonyl (C=O) groups is 1. The number of hydrogen-bond acceptors (Lipinski definition) is 4. The van der Waals surface area contributed by atoms with Crippen molar-refractivity contribution in [3.8, 4) is 0 Å². The number of rotatable bonds is 4. The SMILES string of the molecule is O=C(NCC1(Cn2ccnc2)CC1)N1CC2CC(O)C(O)CC2C1. The van der Waals surface area contributed by atoms with Crippen LogP contribution in [0.4, 0.5) is 4.79 Å². The fourth-order valence-electron chi connectivity index (χ4n) is 4.28. The van der Waals surface area contributed by atoms with Crippen LogP contribution in [0, 0.1) is 17.3 Å². The highest BCUT2D eigenvalue weighted by atomic mass is 16.3. The van der Waals surface area contributed by atoms with E-state index in [1.165, 1.54) is 0 Å². The van der Waals surface area contributed by atoms with Gasteiger partial charge in [-0.3, -0.25) is 0 Å². The Morgan fingerprint density at radius 3 is 2.42 bits per heavy atom. The molecule has 4 unspecified atom stereocenters. The number of carbonyl (C=O) groups excluding carboxylic acids is 1. The predicted molar refractivity (Wildman–Crippen MR) is 87.1 cm³/mol. The lowest BCUT2D eigenvalue weighted by Crippen LogP contribution is -2.42. The first-order valence-electron chi connectivity index (χ1n) is 8.89.